The summed E-state index contributed by atoms with van der Waals surface area (Å²) in [6, 6.07) is 1.90. The number of hydrogen-bond acceptors (Lipinski definition) is 4. The van der Waals surface area contributed by atoms with Gasteiger partial charge in [-0.2, -0.15) is 0 Å². The first-order chi connectivity index (χ1) is 8.71. The van der Waals surface area contributed by atoms with Gasteiger partial charge in [-0.05, 0) is 30.9 Å². The highest BCUT2D eigenvalue weighted by Gasteiger charge is 2.40. The van der Waals surface area contributed by atoms with Crippen LogP contribution in [-0.2, 0) is 0 Å². The zero-order valence-corrected chi connectivity index (χ0v) is 12.2. The highest BCUT2D eigenvalue weighted by molar-refractivity contribution is 7.98. The molecule has 5 heteroatoms. The Kier molecular flexibility index (Phi) is 3.41. The van der Waals surface area contributed by atoms with Crippen molar-refractivity contribution in [1.29, 1.82) is 0 Å². The van der Waals surface area contributed by atoms with Gasteiger partial charge in [-0.3, -0.25) is 0 Å². The van der Waals surface area contributed by atoms with Crippen LogP contribution in [0, 0.1) is 5.41 Å². The molecule has 1 spiro atoms. The van der Waals surface area contributed by atoms with Crippen LogP contribution in [-0.4, -0.2) is 29.3 Å². The molecule has 3 nitrogen and oxygen atoms in total. The fraction of sp³-hybridized carbons (Fsp3) is 0.692. The monoisotopic (exact) mass is 283 g/mol. The largest absolute Gasteiger partial charge is 0.356 e. The van der Waals surface area contributed by atoms with Crippen LogP contribution in [0.1, 0.15) is 32.1 Å². The molecule has 2 fully saturated rings. The van der Waals surface area contributed by atoms with Gasteiger partial charge in [0.1, 0.15) is 11.0 Å². The van der Waals surface area contributed by atoms with E-state index in [1.807, 2.05) is 12.3 Å². The van der Waals surface area contributed by atoms with Gasteiger partial charge in [0.05, 0.1) is 0 Å². The van der Waals surface area contributed by atoms with Crippen molar-refractivity contribution in [1.82, 2.24) is 9.97 Å². The summed E-state index contributed by atoms with van der Waals surface area (Å²) < 4.78 is 0. The number of anilines is 1. The van der Waals surface area contributed by atoms with Gasteiger partial charge >= 0.3 is 0 Å². The minimum atomic E-state index is 0.553. The first kappa shape index (κ1) is 12.5. The Hall–Kier alpha value is -0.480. The second-order valence-corrected chi connectivity index (χ2v) is 6.57. The van der Waals surface area contributed by atoms with Crippen LogP contribution in [0.25, 0.3) is 0 Å². The molecule has 2 aliphatic rings. The lowest BCUT2D eigenvalue weighted by molar-refractivity contribution is 0.340. The van der Waals surface area contributed by atoms with Crippen LogP contribution in [0.5, 0.6) is 0 Å². The second-order valence-electron chi connectivity index (χ2n) is 5.41. The van der Waals surface area contributed by atoms with Gasteiger partial charge in [0, 0.05) is 19.2 Å². The van der Waals surface area contributed by atoms with Gasteiger partial charge in [0.2, 0.25) is 0 Å². The molecule has 1 aromatic heterocycles. The zero-order chi connectivity index (χ0) is 12.6. The first-order valence-corrected chi connectivity index (χ1v) is 8.15. The van der Waals surface area contributed by atoms with Crippen LogP contribution >= 0.6 is 23.4 Å². The maximum absolute atomic E-state index is 6.07. The third-order valence-electron chi connectivity index (χ3n) is 4.27. The SMILES string of the molecule is CSc1nc(Cl)cc(N2CCC3(CCCC3)C2)n1. The molecule has 1 saturated heterocycles. The minimum Gasteiger partial charge on any atom is -0.356 e. The summed E-state index contributed by atoms with van der Waals surface area (Å²) in [5, 5.41) is 1.32. The number of nitrogens with zero attached hydrogens (tertiary/aromatic N) is 3. The lowest BCUT2D eigenvalue weighted by atomic mass is 9.86. The van der Waals surface area contributed by atoms with Crippen molar-refractivity contribution in [2.45, 2.75) is 37.3 Å². The van der Waals surface area contributed by atoms with E-state index in [-0.39, 0.29) is 0 Å². The molecule has 1 aliphatic heterocycles. The molecule has 0 atom stereocenters. The van der Waals surface area contributed by atoms with Crippen LogP contribution in [0.3, 0.4) is 0 Å². The van der Waals surface area contributed by atoms with E-state index in [1.165, 1.54) is 32.1 Å². The fourth-order valence-corrected chi connectivity index (χ4v) is 3.90. The molecular weight excluding hydrogens is 266 g/mol. The summed E-state index contributed by atoms with van der Waals surface area (Å²) in [5.41, 5.74) is 0.566. The summed E-state index contributed by atoms with van der Waals surface area (Å²) in [5.74, 6) is 1.00. The van der Waals surface area contributed by atoms with Gasteiger partial charge in [-0.15, -0.1) is 0 Å². The van der Waals surface area contributed by atoms with Gasteiger partial charge in [-0.25, -0.2) is 9.97 Å². The summed E-state index contributed by atoms with van der Waals surface area (Å²) >= 11 is 7.61. The molecule has 18 heavy (non-hydrogen) atoms. The first-order valence-electron chi connectivity index (χ1n) is 6.54. The van der Waals surface area contributed by atoms with Crippen LogP contribution in [0.4, 0.5) is 5.82 Å². The third-order valence-corrected chi connectivity index (χ3v) is 5.01. The molecule has 0 radical (unpaired) electrons. The molecule has 0 amide bonds. The van der Waals surface area contributed by atoms with Gasteiger partial charge in [0.25, 0.3) is 0 Å². The molecule has 0 bridgehead atoms. The standard InChI is InChI=1S/C13H18ClN3S/c1-18-12-15-10(14)8-11(16-12)17-7-6-13(9-17)4-2-3-5-13/h8H,2-7,9H2,1H3. The maximum Gasteiger partial charge on any atom is 0.190 e. The molecular formula is C13H18ClN3S. The van der Waals surface area contributed by atoms with E-state index in [9.17, 15) is 0 Å². The molecule has 1 aliphatic carbocycles. The van der Waals surface area contributed by atoms with Crippen LogP contribution in [0.2, 0.25) is 5.15 Å². The highest BCUT2D eigenvalue weighted by atomic mass is 35.5. The average Bonchev–Trinajstić information content (AvgIpc) is 3.00. The van der Waals surface area contributed by atoms with E-state index in [0.29, 0.717) is 10.6 Å². The van der Waals surface area contributed by atoms with E-state index in [2.05, 4.69) is 14.9 Å². The van der Waals surface area contributed by atoms with E-state index in [1.54, 1.807) is 11.8 Å². The van der Waals surface area contributed by atoms with Crippen molar-refractivity contribution in [3.05, 3.63) is 11.2 Å². The third kappa shape index (κ3) is 2.32. The molecule has 2 heterocycles. The Morgan fingerprint density at radius 1 is 1.28 bits per heavy atom. The molecule has 0 aromatic carbocycles. The van der Waals surface area contributed by atoms with Gasteiger partial charge < -0.3 is 4.90 Å². The summed E-state index contributed by atoms with van der Waals surface area (Å²) in [6.45, 7) is 2.26. The van der Waals surface area contributed by atoms with Crippen LogP contribution in [0.15, 0.2) is 11.2 Å². The minimum absolute atomic E-state index is 0.553. The topological polar surface area (TPSA) is 29.0 Å². The molecule has 3 rings (SSSR count). The lowest BCUT2D eigenvalue weighted by Crippen LogP contribution is -2.25. The molecule has 98 valence electrons. The van der Waals surface area contributed by atoms with Crippen molar-refractivity contribution >= 4 is 29.2 Å². The van der Waals surface area contributed by atoms with Crippen molar-refractivity contribution in [3.63, 3.8) is 0 Å². The van der Waals surface area contributed by atoms with Gasteiger partial charge in [0.15, 0.2) is 5.16 Å². The van der Waals surface area contributed by atoms with Crippen LogP contribution < -0.4 is 4.90 Å². The van der Waals surface area contributed by atoms with E-state index >= 15 is 0 Å². The van der Waals surface area contributed by atoms with Crippen molar-refractivity contribution in [2.24, 2.45) is 5.41 Å². The lowest BCUT2D eigenvalue weighted by Gasteiger charge is -2.24. The quantitative estimate of drug-likeness (QED) is 0.471. The number of thioether (sulfide) groups is 1. The number of rotatable bonds is 2. The highest BCUT2D eigenvalue weighted by Crippen LogP contribution is 2.46. The van der Waals surface area contributed by atoms with E-state index in [0.717, 1.165) is 24.1 Å². The Morgan fingerprint density at radius 2 is 2.06 bits per heavy atom. The zero-order valence-electron chi connectivity index (χ0n) is 10.7. The number of halogens is 1. The predicted molar refractivity (Wildman–Crippen MR) is 76.6 cm³/mol. The Balaban J connectivity index is 1.81. The summed E-state index contributed by atoms with van der Waals surface area (Å²) in [4.78, 5) is 11.2. The summed E-state index contributed by atoms with van der Waals surface area (Å²) in [7, 11) is 0. The maximum atomic E-state index is 6.07. The number of hydrogen-bond donors (Lipinski definition) is 0. The Bertz CT molecular complexity index is 446. The summed E-state index contributed by atoms with van der Waals surface area (Å²) in [6.07, 6.45) is 8.86. The molecule has 1 saturated carbocycles. The Labute approximate surface area is 117 Å². The average molecular weight is 284 g/mol. The van der Waals surface area contributed by atoms with Crippen molar-refractivity contribution in [3.8, 4) is 0 Å². The van der Waals surface area contributed by atoms with Gasteiger partial charge in [-0.1, -0.05) is 36.2 Å². The molecule has 0 N–H and O–H groups in total. The van der Waals surface area contributed by atoms with Crippen molar-refractivity contribution < 1.29 is 0 Å². The van der Waals surface area contributed by atoms with E-state index in [4.69, 9.17) is 11.6 Å². The Morgan fingerprint density at radius 3 is 2.78 bits per heavy atom. The molecule has 0 unspecified atom stereocenters. The smallest absolute Gasteiger partial charge is 0.190 e. The molecule has 1 aromatic rings. The fourth-order valence-electron chi connectivity index (χ4n) is 3.30. The van der Waals surface area contributed by atoms with E-state index < -0.39 is 0 Å². The second kappa shape index (κ2) is 4.89. The van der Waals surface area contributed by atoms with Crippen molar-refractivity contribution in [2.75, 3.05) is 24.2 Å². The normalized spacial score (nSPS) is 22.0. The number of aromatic nitrogens is 2. The predicted octanol–water partition coefficient (Wildman–Crippen LogP) is 3.62.